The highest BCUT2D eigenvalue weighted by Gasteiger charge is 2.11. The average molecular weight is 269 g/mol. The first-order valence-electron chi connectivity index (χ1n) is 4.94. The minimum atomic E-state index is -0.0518. The number of aliphatic hydroxyl groups excluding tert-OH is 1. The van der Waals surface area contributed by atoms with Gasteiger partial charge in [-0.1, -0.05) is 29.8 Å². The zero-order chi connectivity index (χ0) is 11.0. The smallest absolute Gasteiger partial charge is 0.137 e. The summed E-state index contributed by atoms with van der Waals surface area (Å²) < 4.78 is 6.64. The summed E-state index contributed by atoms with van der Waals surface area (Å²) in [4.78, 5) is 0. The van der Waals surface area contributed by atoms with Crippen LogP contribution in [-0.2, 0) is 6.61 Å². The van der Waals surface area contributed by atoms with E-state index < -0.39 is 0 Å². The number of hydrogen-bond acceptors (Lipinski definition) is 2. The third-order valence-electron chi connectivity index (χ3n) is 2.44. The van der Waals surface area contributed by atoms with Gasteiger partial charge in [-0.3, -0.25) is 0 Å². The first-order valence-corrected chi connectivity index (χ1v) is 5.74. The molecule has 1 aromatic carbocycles. The lowest BCUT2D eigenvalue weighted by atomic mass is 10.0. The SMILES string of the molecule is CC(C)c1cc(Br)cc2cc(CO)oc12. The molecule has 0 bridgehead atoms. The Labute approximate surface area is 97.0 Å². The molecule has 0 spiro atoms. The van der Waals surface area contributed by atoms with Crippen LogP contribution in [0.2, 0.25) is 0 Å². The van der Waals surface area contributed by atoms with Crippen LogP contribution < -0.4 is 0 Å². The standard InChI is InChI=1S/C12H13BrO2/c1-7(2)11-5-9(13)3-8-4-10(6-14)15-12(8)11/h3-5,7,14H,6H2,1-2H3. The summed E-state index contributed by atoms with van der Waals surface area (Å²) in [5, 5.41) is 10.1. The topological polar surface area (TPSA) is 33.4 Å². The van der Waals surface area contributed by atoms with Gasteiger partial charge in [0.25, 0.3) is 0 Å². The van der Waals surface area contributed by atoms with E-state index in [1.807, 2.05) is 12.1 Å². The van der Waals surface area contributed by atoms with Gasteiger partial charge in [0, 0.05) is 9.86 Å². The van der Waals surface area contributed by atoms with Crippen molar-refractivity contribution < 1.29 is 9.52 Å². The summed E-state index contributed by atoms with van der Waals surface area (Å²) in [5.41, 5.74) is 2.05. The number of halogens is 1. The van der Waals surface area contributed by atoms with E-state index in [-0.39, 0.29) is 6.61 Å². The van der Waals surface area contributed by atoms with Crippen molar-refractivity contribution in [2.24, 2.45) is 0 Å². The van der Waals surface area contributed by atoms with Crippen molar-refractivity contribution in [2.45, 2.75) is 26.4 Å². The van der Waals surface area contributed by atoms with Gasteiger partial charge in [0.2, 0.25) is 0 Å². The second-order valence-electron chi connectivity index (χ2n) is 3.94. The number of fused-ring (bicyclic) bond motifs is 1. The Morgan fingerprint density at radius 1 is 1.33 bits per heavy atom. The lowest BCUT2D eigenvalue weighted by Gasteiger charge is -2.06. The molecule has 1 aromatic heterocycles. The Hall–Kier alpha value is -0.800. The van der Waals surface area contributed by atoms with E-state index in [0.29, 0.717) is 11.7 Å². The van der Waals surface area contributed by atoms with Gasteiger partial charge in [-0.2, -0.15) is 0 Å². The number of rotatable bonds is 2. The van der Waals surface area contributed by atoms with Gasteiger partial charge in [0.05, 0.1) is 0 Å². The molecule has 2 aromatic rings. The molecular formula is C12H13BrO2. The Morgan fingerprint density at radius 2 is 2.07 bits per heavy atom. The zero-order valence-electron chi connectivity index (χ0n) is 8.75. The maximum absolute atomic E-state index is 9.03. The van der Waals surface area contributed by atoms with Crippen molar-refractivity contribution in [1.82, 2.24) is 0 Å². The quantitative estimate of drug-likeness (QED) is 0.899. The summed E-state index contributed by atoms with van der Waals surface area (Å²) in [6, 6.07) is 5.95. The molecule has 15 heavy (non-hydrogen) atoms. The summed E-state index contributed by atoms with van der Waals surface area (Å²) in [6.45, 7) is 4.20. The van der Waals surface area contributed by atoms with Gasteiger partial charge in [-0.15, -0.1) is 0 Å². The summed E-state index contributed by atoms with van der Waals surface area (Å²) in [6.07, 6.45) is 0. The zero-order valence-corrected chi connectivity index (χ0v) is 10.3. The third-order valence-corrected chi connectivity index (χ3v) is 2.90. The Balaban J connectivity index is 2.72. The molecular weight excluding hydrogens is 256 g/mol. The molecule has 0 radical (unpaired) electrons. The number of hydrogen-bond donors (Lipinski definition) is 1. The molecule has 1 heterocycles. The molecule has 80 valence electrons. The van der Waals surface area contributed by atoms with Crippen LogP contribution in [0.5, 0.6) is 0 Å². The predicted octanol–water partition coefficient (Wildman–Crippen LogP) is 3.81. The molecule has 2 rings (SSSR count). The largest absolute Gasteiger partial charge is 0.458 e. The maximum Gasteiger partial charge on any atom is 0.137 e. The molecule has 1 N–H and O–H groups in total. The highest BCUT2D eigenvalue weighted by Crippen LogP contribution is 2.31. The van der Waals surface area contributed by atoms with Crippen LogP contribution in [-0.4, -0.2) is 5.11 Å². The van der Waals surface area contributed by atoms with E-state index in [9.17, 15) is 0 Å². The fraction of sp³-hybridized carbons (Fsp3) is 0.333. The number of furan rings is 1. The monoisotopic (exact) mass is 268 g/mol. The van der Waals surface area contributed by atoms with Gasteiger partial charge in [0.15, 0.2) is 0 Å². The van der Waals surface area contributed by atoms with E-state index in [0.717, 1.165) is 15.4 Å². The van der Waals surface area contributed by atoms with Crippen LogP contribution in [0.1, 0.15) is 31.1 Å². The molecule has 0 unspecified atom stereocenters. The summed E-state index contributed by atoms with van der Waals surface area (Å²) >= 11 is 3.48. The molecule has 0 aliphatic rings. The first kappa shape index (κ1) is 10.7. The lowest BCUT2D eigenvalue weighted by Crippen LogP contribution is -1.87. The van der Waals surface area contributed by atoms with E-state index in [4.69, 9.17) is 9.52 Å². The molecule has 0 fully saturated rings. The van der Waals surface area contributed by atoms with Crippen molar-refractivity contribution in [3.8, 4) is 0 Å². The Morgan fingerprint density at radius 3 is 2.67 bits per heavy atom. The predicted molar refractivity (Wildman–Crippen MR) is 63.9 cm³/mol. The van der Waals surface area contributed by atoms with Gasteiger partial charge in [-0.25, -0.2) is 0 Å². The van der Waals surface area contributed by atoms with Crippen LogP contribution in [0.25, 0.3) is 11.0 Å². The van der Waals surface area contributed by atoms with Crippen molar-refractivity contribution in [2.75, 3.05) is 0 Å². The summed E-state index contributed by atoms with van der Waals surface area (Å²) in [7, 11) is 0. The fourth-order valence-electron chi connectivity index (χ4n) is 1.70. The Bertz CT molecular complexity index is 486. The van der Waals surface area contributed by atoms with Gasteiger partial charge in [-0.05, 0) is 29.7 Å². The molecule has 0 atom stereocenters. The normalized spacial score (nSPS) is 11.5. The van der Waals surface area contributed by atoms with Crippen LogP contribution in [0.4, 0.5) is 0 Å². The fourth-order valence-corrected chi connectivity index (χ4v) is 2.20. The highest BCUT2D eigenvalue weighted by molar-refractivity contribution is 9.10. The first-order chi connectivity index (χ1) is 7.11. The molecule has 0 aliphatic carbocycles. The van der Waals surface area contributed by atoms with Crippen molar-refractivity contribution in [1.29, 1.82) is 0 Å². The minimum absolute atomic E-state index is 0.0518. The third kappa shape index (κ3) is 1.94. The van der Waals surface area contributed by atoms with E-state index in [1.54, 1.807) is 0 Å². The van der Waals surface area contributed by atoms with Crippen LogP contribution in [0, 0.1) is 0 Å². The van der Waals surface area contributed by atoms with E-state index in [2.05, 4.69) is 35.8 Å². The number of benzene rings is 1. The number of aliphatic hydroxyl groups is 1. The maximum atomic E-state index is 9.03. The summed E-state index contributed by atoms with van der Waals surface area (Å²) in [5.74, 6) is 1.02. The molecule has 0 aliphatic heterocycles. The van der Waals surface area contributed by atoms with E-state index in [1.165, 1.54) is 5.56 Å². The molecule has 0 amide bonds. The van der Waals surface area contributed by atoms with Crippen molar-refractivity contribution in [3.05, 3.63) is 34.0 Å². The van der Waals surface area contributed by atoms with Gasteiger partial charge >= 0.3 is 0 Å². The molecule has 0 saturated heterocycles. The lowest BCUT2D eigenvalue weighted by molar-refractivity contribution is 0.251. The Kier molecular flexibility index (Phi) is 2.85. The molecule has 0 saturated carbocycles. The van der Waals surface area contributed by atoms with Crippen LogP contribution in [0.3, 0.4) is 0 Å². The van der Waals surface area contributed by atoms with Crippen LogP contribution in [0.15, 0.2) is 27.1 Å². The average Bonchev–Trinajstić information content (AvgIpc) is 2.58. The highest BCUT2D eigenvalue weighted by atomic mass is 79.9. The van der Waals surface area contributed by atoms with E-state index >= 15 is 0 Å². The van der Waals surface area contributed by atoms with Crippen LogP contribution >= 0.6 is 15.9 Å². The van der Waals surface area contributed by atoms with Gasteiger partial charge < -0.3 is 9.52 Å². The van der Waals surface area contributed by atoms with Gasteiger partial charge in [0.1, 0.15) is 18.0 Å². The second kappa shape index (κ2) is 3.99. The molecule has 2 nitrogen and oxygen atoms in total. The van der Waals surface area contributed by atoms with Crippen molar-refractivity contribution in [3.63, 3.8) is 0 Å². The minimum Gasteiger partial charge on any atom is -0.458 e. The molecule has 3 heteroatoms. The van der Waals surface area contributed by atoms with Crippen molar-refractivity contribution >= 4 is 26.9 Å². The second-order valence-corrected chi connectivity index (χ2v) is 4.85.